The van der Waals surface area contributed by atoms with Gasteiger partial charge in [0.25, 0.3) is 0 Å². The predicted molar refractivity (Wildman–Crippen MR) is 76.1 cm³/mol. The van der Waals surface area contributed by atoms with Crippen LogP contribution >= 0.6 is 11.6 Å². The van der Waals surface area contributed by atoms with Gasteiger partial charge in [-0.1, -0.05) is 25.4 Å². The van der Waals surface area contributed by atoms with Crippen LogP contribution in [-0.2, 0) is 11.2 Å². The molecule has 1 fully saturated rings. The minimum Gasteiger partial charge on any atom is -0.376 e. The average Bonchev–Trinajstić information content (AvgIpc) is 2.79. The highest BCUT2D eigenvalue weighted by Gasteiger charge is 2.31. The average molecular weight is 286 g/mol. The molecular weight excluding hydrogens is 265 g/mol. The second kappa shape index (κ2) is 6.69. The first kappa shape index (κ1) is 14.8. The molecule has 3 unspecified atom stereocenters. The van der Waals surface area contributed by atoms with Gasteiger partial charge in [0.05, 0.1) is 6.10 Å². The topological polar surface area (TPSA) is 21.3 Å². The maximum atomic E-state index is 13.3. The fourth-order valence-corrected chi connectivity index (χ4v) is 2.93. The Morgan fingerprint density at radius 3 is 2.95 bits per heavy atom. The van der Waals surface area contributed by atoms with Crippen LogP contribution in [0.25, 0.3) is 0 Å². The van der Waals surface area contributed by atoms with Crippen LogP contribution in [-0.4, -0.2) is 25.3 Å². The van der Waals surface area contributed by atoms with Gasteiger partial charge < -0.3 is 10.1 Å². The van der Waals surface area contributed by atoms with Gasteiger partial charge in [-0.25, -0.2) is 4.39 Å². The maximum absolute atomic E-state index is 13.3. The molecule has 0 amide bonds. The van der Waals surface area contributed by atoms with E-state index < -0.39 is 0 Å². The molecule has 4 heteroatoms. The van der Waals surface area contributed by atoms with Gasteiger partial charge in [-0.05, 0) is 49.1 Å². The van der Waals surface area contributed by atoms with Crippen molar-refractivity contribution in [1.82, 2.24) is 5.32 Å². The highest BCUT2D eigenvalue weighted by molar-refractivity contribution is 6.31. The van der Waals surface area contributed by atoms with Crippen LogP contribution in [0.2, 0.25) is 5.02 Å². The maximum Gasteiger partial charge on any atom is 0.123 e. The lowest BCUT2D eigenvalue weighted by atomic mass is 9.93. The molecular formula is C15H21ClFNO. The number of hydrogen-bond acceptors (Lipinski definition) is 2. The number of likely N-dealkylation sites (N-methyl/N-ethyl adjacent to an activating group) is 1. The number of ether oxygens (including phenoxy) is 1. The predicted octanol–water partition coefficient (Wildman–Crippen LogP) is 3.42. The Morgan fingerprint density at radius 2 is 2.32 bits per heavy atom. The van der Waals surface area contributed by atoms with Crippen molar-refractivity contribution in [2.75, 3.05) is 13.2 Å². The van der Waals surface area contributed by atoms with Crippen molar-refractivity contribution in [2.24, 2.45) is 5.92 Å². The molecule has 1 aliphatic rings. The van der Waals surface area contributed by atoms with Crippen LogP contribution in [0.15, 0.2) is 18.2 Å². The molecule has 0 bridgehead atoms. The molecule has 1 aromatic rings. The van der Waals surface area contributed by atoms with E-state index in [4.69, 9.17) is 16.3 Å². The summed E-state index contributed by atoms with van der Waals surface area (Å²) >= 11 is 6.15. The first-order valence-corrected chi connectivity index (χ1v) is 7.28. The molecule has 3 atom stereocenters. The summed E-state index contributed by atoms with van der Waals surface area (Å²) in [5.41, 5.74) is 0.843. The largest absolute Gasteiger partial charge is 0.376 e. The Bertz CT molecular complexity index is 427. The highest BCUT2D eigenvalue weighted by Crippen LogP contribution is 2.27. The highest BCUT2D eigenvalue weighted by atomic mass is 35.5. The van der Waals surface area contributed by atoms with E-state index in [9.17, 15) is 4.39 Å². The molecule has 106 valence electrons. The van der Waals surface area contributed by atoms with Crippen molar-refractivity contribution in [2.45, 2.75) is 38.8 Å². The smallest absolute Gasteiger partial charge is 0.123 e. The van der Waals surface area contributed by atoms with Gasteiger partial charge in [0.1, 0.15) is 5.82 Å². The summed E-state index contributed by atoms with van der Waals surface area (Å²) in [6.07, 6.45) is 1.96. The van der Waals surface area contributed by atoms with Gasteiger partial charge in [0, 0.05) is 17.7 Å². The summed E-state index contributed by atoms with van der Waals surface area (Å²) in [4.78, 5) is 0. The molecule has 0 aliphatic carbocycles. The summed E-state index contributed by atoms with van der Waals surface area (Å²) in [6.45, 7) is 5.95. The van der Waals surface area contributed by atoms with E-state index >= 15 is 0 Å². The number of hydrogen-bond donors (Lipinski definition) is 1. The quantitative estimate of drug-likeness (QED) is 0.895. The zero-order valence-corrected chi connectivity index (χ0v) is 12.2. The van der Waals surface area contributed by atoms with E-state index in [-0.39, 0.29) is 18.0 Å². The minimum atomic E-state index is -0.241. The van der Waals surface area contributed by atoms with Crippen molar-refractivity contribution in [1.29, 1.82) is 0 Å². The molecule has 1 saturated heterocycles. The van der Waals surface area contributed by atoms with Gasteiger partial charge >= 0.3 is 0 Å². The third-order valence-corrected chi connectivity index (χ3v) is 4.12. The Hall–Kier alpha value is -0.640. The lowest BCUT2D eigenvalue weighted by Gasteiger charge is -2.27. The van der Waals surface area contributed by atoms with Gasteiger partial charge in [0.2, 0.25) is 0 Å². The summed E-state index contributed by atoms with van der Waals surface area (Å²) in [5.74, 6) is 0.284. The zero-order valence-electron chi connectivity index (χ0n) is 11.5. The van der Waals surface area contributed by atoms with Gasteiger partial charge in [0.15, 0.2) is 0 Å². The number of benzene rings is 1. The number of rotatable bonds is 5. The Balaban J connectivity index is 2.13. The molecule has 0 radical (unpaired) electrons. The SMILES string of the molecule is CCNC(Cc1cc(F)ccc1Cl)C1OCCC1C. The molecule has 1 aliphatic heterocycles. The fourth-order valence-electron chi connectivity index (χ4n) is 2.73. The van der Waals surface area contributed by atoms with Crippen LogP contribution in [0, 0.1) is 11.7 Å². The summed E-state index contributed by atoms with van der Waals surface area (Å²) < 4.78 is 19.1. The lowest BCUT2D eigenvalue weighted by Crippen LogP contribution is -2.43. The monoisotopic (exact) mass is 285 g/mol. The third-order valence-electron chi connectivity index (χ3n) is 3.75. The molecule has 0 saturated carbocycles. The number of halogens is 2. The van der Waals surface area contributed by atoms with Crippen molar-refractivity contribution in [3.63, 3.8) is 0 Å². The first-order valence-electron chi connectivity index (χ1n) is 6.90. The Morgan fingerprint density at radius 1 is 1.53 bits per heavy atom. The van der Waals surface area contributed by atoms with E-state index in [1.165, 1.54) is 12.1 Å². The molecule has 1 aromatic carbocycles. The molecule has 2 rings (SSSR count). The van der Waals surface area contributed by atoms with Crippen molar-refractivity contribution in [3.05, 3.63) is 34.6 Å². The molecule has 0 aromatic heterocycles. The second-order valence-electron chi connectivity index (χ2n) is 5.21. The lowest BCUT2D eigenvalue weighted by molar-refractivity contribution is 0.0615. The van der Waals surface area contributed by atoms with Gasteiger partial charge in [-0.15, -0.1) is 0 Å². The third kappa shape index (κ3) is 3.68. The molecule has 1 heterocycles. The van der Waals surface area contributed by atoms with E-state index in [0.717, 1.165) is 25.1 Å². The Kier molecular flexibility index (Phi) is 5.20. The zero-order chi connectivity index (χ0) is 13.8. The van der Waals surface area contributed by atoms with Crippen LogP contribution in [0.5, 0.6) is 0 Å². The van der Waals surface area contributed by atoms with Gasteiger partial charge in [-0.2, -0.15) is 0 Å². The first-order chi connectivity index (χ1) is 9.11. The standard InChI is InChI=1S/C15H21ClFNO/c1-3-18-14(15-10(2)6-7-19-15)9-11-8-12(17)4-5-13(11)16/h4-5,8,10,14-15,18H,3,6-7,9H2,1-2H3. The van der Waals surface area contributed by atoms with Gasteiger partial charge in [-0.3, -0.25) is 0 Å². The number of nitrogens with one attached hydrogen (secondary N) is 1. The molecule has 2 nitrogen and oxygen atoms in total. The fraction of sp³-hybridized carbons (Fsp3) is 0.600. The minimum absolute atomic E-state index is 0.180. The van der Waals surface area contributed by atoms with E-state index in [1.807, 2.05) is 0 Å². The van der Waals surface area contributed by atoms with Crippen LogP contribution in [0.3, 0.4) is 0 Å². The van der Waals surface area contributed by atoms with E-state index in [2.05, 4.69) is 19.2 Å². The van der Waals surface area contributed by atoms with E-state index in [1.54, 1.807) is 6.07 Å². The summed E-state index contributed by atoms with van der Waals surface area (Å²) in [5, 5.41) is 4.06. The van der Waals surface area contributed by atoms with E-state index in [0.29, 0.717) is 17.4 Å². The van der Waals surface area contributed by atoms with Crippen molar-refractivity contribution in [3.8, 4) is 0 Å². The van der Waals surface area contributed by atoms with Crippen molar-refractivity contribution >= 4 is 11.6 Å². The van der Waals surface area contributed by atoms with Crippen LogP contribution in [0.1, 0.15) is 25.8 Å². The Labute approximate surface area is 119 Å². The van der Waals surface area contributed by atoms with Crippen molar-refractivity contribution < 1.29 is 9.13 Å². The molecule has 19 heavy (non-hydrogen) atoms. The van der Waals surface area contributed by atoms with Crippen LogP contribution in [0.4, 0.5) is 4.39 Å². The summed E-state index contributed by atoms with van der Waals surface area (Å²) in [6, 6.07) is 4.71. The second-order valence-corrected chi connectivity index (χ2v) is 5.61. The summed E-state index contributed by atoms with van der Waals surface area (Å²) in [7, 11) is 0. The molecule has 1 N–H and O–H groups in total. The molecule has 0 spiro atoms. The normalized spacial score (nSPS) is 24.6. The van der Waals surface area contributed by atoms with Crippen LogP contribution < -0.4 is 5.32 Å².